The Morgan fingerprint density at radius 1 is 1.15 bits per heavy atom. The minimum Gasteiger partial charge on any atom is -0.497 e. The number of ether oxygens (including phenoxy) is 2. The van der Waals surface area contributed by atoms with Gasteiger partial charge in [-0.05, 0) is 35.9 Å². The van der Waals surface area contributed by atoms with Gasteiger partial charge in [-0.25, -0.2) is 4.39 Å². The van der Waals surface area contributed by atoms with Crippen LogP contribution in [0.1, 0.15) is 5.56 Å². The summed E-state index contributed by atoms with van der Waals surface area (Å²) in [4.78, 5) is 13.4. The Hall–Kier alpha value is -3.49. The second-order valence-corrected chi connectivity index (χ2v) is 5.76. The Kier molecular flexibility index (Phi) is 5.30. The molecule has 0 aliphatic carbocycles. The second-order valence-electron chi connectivity index (χ2n) is 5.76. The van der Waals surface area contributed by atoms with Gasteiger partial charge in [0, 0.05) is 29.4 Å². The average Bonchev–Trinajstić information content (AvgIpc) is 3.11. The number of anilines is 1. The molecule has 27 heavy (non-hydrogen) atoms. The van der Waals surface area contributed by atoms with Crippen molar-refractivity contribution in [3.8, 4) is 22.9 Å². The molecule has 0 atom stereocenters. The summed E-state index contributed by atoms with van der Waals surface area (Å²) in [5.41, 5.74) is 1.62. The van der Waals surface area contributed by atoms with Crippen molar-refractivity contribution in [3.05, 3.63) is 47.8 Å². The van der Waals surface area contributed by atoms with Gasteiger partial charge in [-0.3, -0.25) is 4.79 Å². The van der Waals surface area contributed by atoms with E-state index in [4.69, 9.17) is 9.47 Å². The minimum absolute atomic E-state index is 0.132. The summed E-state index contributed by atoms with van der Waals surface area (Å²) in [5, 5.41) is 14.7. The Morgan fingerprint density at radius 2 is 1.85 bits per heavy atom. The number of amides is 1. The number of hydrogen-bond acceptors (Lipinski definition) is 6. The zero-order chi connectivity index (χ0) is 19.4. The van der Waals surface area contributed by atoms with Crippen LogP contribution in [0, 0.1) is 12.7 Å². The largest absolute Gasteiger partial charge is 0.497 e. The predicted octanol–water partition coefficient (Wildman–Crippen LogP) is 2.44. The van der Waals surface area contributed by atoms with Gasteiger partial charge in [0.05, 0.1) is 14.2 Å². The smallest absolute Gasteiger partial charge is 0.248 e. The molecule has 1 aromatic heterocycles. The van der Waals surface area contributed by atoms with Crippen LogP contribution in [0.5, 0.6) is 11.5 Å². The van der Waals surface area contributed by atoms with Crippen LogP contribution in [-0.4, -0.2) is 40.3 Å². The quantitative estimate of drug-likeness (QED) is 0.716. The first-order valence-corrected chi connectivity index (χ1v) is 8.05. The van der Waals surface area contributed by atoms with E-state index < -0.39 is 0 Å². The van der Waals surface area contributed by atoms with E-state index >= 15 is 0 Å². The van der Waals surface area contributed by atoms with Gasteiger partial charge in [-0.15, -0.1) is 10.2 Å². The molecular weight excluding hydrogens is 353 g/mol. The van der Waals surface area contributed by atoms with Gasteiger partial charge < -0.3 is 14.8 Å². The summed E-state index contributed by atoms with van der Waals surface area (Å²) < 4.78 is 23.7. The van der Waals surface area contributed by atoms with E-state index in [-0.39, 0.29) is 18.3 Å². The van der Waals surface area contributed by atoms with Crippen molar-refractivity contribution in [1.29, 1.82) is 0 Å². The molecule has 140 valence electrons. The summed E-state index contributed by atoms with van der Waals surface area (Å²) in [6.07, 6.45) is 0. The van der Waals surface area contributed by atoms with Gasteiger partial charge in [0.15, 0.2) is 0 Å². The fourth-order valence-electron chi connectivity index (χ4n) is 2.42. The Bertz CT molecular complexity index is 951. The van der Waals surface area contributed by atoms with E-state index in [1.54, 1.807) is 37.3 Å². The lowest BCUT2D eigenvalue weighted by Gasteiger charge is -2.09. The molecule has 9 heteroatoms. The third-order valence-corrected chi connectivity index (χ3v) is 3.79. The van der Waals surface area contributed by atoms with E-state index in [0.29, 0.717) is 34.1 Å². The van der Waals surface area contributed by atoms with Crippen LogP contribution in [0.15, 0.2) is 36.4 Å². The van der Waals surface area contributed by atoms with E-state index in [1.165, 1.54) is 25.1 Å². The summed E-state index contributed by atoms with van der Waals surface area (Å²) in [7, 11) is 3.05. The second kappa shape index (κ2) is 7.81. The number of rotatable bonds is 6. The van der Waals surface area contributed by atoms with E-state index in [9.17, 15) is 9.18 Å². The van der Waals surface area contributed by atoms with Crippen molar-refractivity contribution >= 4 is 11.6 Å². The van der Waals surface area contributed by atoms with Crippen LogP contribution in [0.2, 0.25) is 0 Å². The van der Waals surface area contributed by atoms with E-state index in [0.717, 1.165) is 0 Å². The molecule has 1 amide bonds. The van der Waals surface area contributed by atoms with Crippen LogP contribution in [-0.2, 0) is 11.3 Å². The Labute approximate surface area is 154 Å². The molecule has 0 saturated heterocycles. The molecule has 0 aliphatic heterocycles. The average molecular weight is 371 g/mol. The van der Waals surface area contributed by atoms with Crippen molar-refractivity contribution < 1.29 is 18.7 Å². The zero-order valence-electron chi connectivity index (χ0n) is 15.1. The molecule has 0 aliphatic rings. The number of tetrazole rings is 1. The standard InChI is InChI=1S/C18H18FN5O3/c1-11-6-12(4-5-16(11)19)18-21-23-24(22-18)10-17(25)20-13-7-14(26-2)9-15(8-13)27-3/h4-9H,10H2,1-3H3,(H,20,25). The summed E-state index contributed by atoms with van der Waals surface area (Å²) in [5.74, 6) is 0.771. The fourth-order valence-corrected chi connectivity index (χ4v) is 2.42. The molecule has 0 fully saturated rings. The number of benzene rings is 2. The number of methoxy groups -OCH3 is 2. The minimum atomic E-state index is -0.343. The number of hydrogen-bond donors (Lipinski definition) is 1. The summed E-state index contributed by atoms with van der Waals surface area (Å²) in [6.45, 7) is 1.52. The number of carbonyl (C=O) groups excluding carboxylic acids is 1. The fraction of sp³-hybridized carbons (Fsp3) is 0.222. The molecule has 1 N–H and O–H groups in total. The van der Waals surface area contributed by atoms with Crippen molar-refractivity contribution in [1.82, 2.24) is 20.2 Å². The van der Waals surface area contributed by atoms with Crippen molar-refractivity contribution in [3.63, 3.8) is 0 Å². The van der Waals surface area contributed by atoms with Gasteiger partial charge in [0.2, 0.25) is 11.7 Å². The highest BCUT2D eigenvalue weighted by Crippen LogP contribution is 2.25. The third kappa shape index (κ3) is 4.38. The van der Waals surface area contributed by atoms with E-state index in [1.807, 2.05) is 0 Å². The van der Waals surface area contributed by atoms with Gasteiger partial charge in [0.1, 0.15) is 23.9 Å². The Balaban J connectivity index is 1.70. The van der Waals surface area contributed by atoms with Gasteiger partial charge >= 0.3 is 0 Å². The molecule has 1 heterocycles. The monoisotopic (exact) mass is 371 g/mol. The van der Waals surface area contributed by atoms with Gasteiger partial charge in [-0.2, -0.15) is 4.80 Å². The molecule has 8 nitrogen and oxygen atoms in total. The predicted molar refractivity (Wildman–Crippen MR) is 96.1 cm³/mol. The first-order valence-electron chi connectivity index (χ1n) is 8.05. The van der Waals surface area contributed by atoms with E-state index in [2.05, 4.69) is 20.7 Å². The number of nitrogens with zero attached hydrogens (tertiary/aromatic N) is 4. The molecule has 3 aromatic rings. The van der Waals surface area contributed by atoms with Crippen LogP contribution >= 0.6 is 0 Å². The first-order chi connectivity index (χ1) is 13.0. The van der Waals surface area contributed by atoms with Crippen molar-refractivity contribution in [2.24, 2.45) is 0 Å². The zero-order valence-corrected chi connectivity index (χ0v) is 15.1. The first kappa shape index (κ1) is 18.3. The van der Waals surface area contributed by atoms with Crippen LogP contribution in [0.3, 0.4) is 0 Å². The summed E-state index contributed by atoms with van der Waals surface area (Å²) in [6, 6.07) is 9.56. The SMILES string of the molecule is COc1cc(NC(=O)Cn2nnc(-c3ccc(F)c(C)c3)n2)cc(OC)c1. The van der Waals surface area contributed by atoms with Crippen LogP contribution in [0.4, 0.5) is 10.1 Å². The van der Waals surface area contributed by atoms with Crippen molar-refractivity contribution in [2.75, 3.05) is 19.5 Å². The highest BCUT2D eigenvalue weighted by Gasteiger charge is 2.12. The molecule has 0 saturated carbocycles. The number of halogens is 1. The lowest BCUT2D eigenvalue weighted by atomic mass is 10.1. The molecule has 0 radical (unpaired) electrons. The van der Waals surface area contributed by atoms with Gasteiger partial charge in [-0.1, -0.05) is 0 Å². The molecule has 0 unspecified atom stereocenters. The maximum atomic E-state index is 13.4. The number of nitrogens with one attached hydrogen (secondary N) is 1. The number of aryl methyl sites for hydroxylation is 1. The number of carbonyl (C=O) groups is 1. The maximum Gasteiger partial charge on any atom is 0.248 e. The third-order valence-electron chi connectivity index (χ3n) is 3.79. The normalized spacial score (nSPS) is 10.5. The number of aromatic nitrogens is 4. The highest BCUT2D eigenvalue weighted by atomic mass is 19.1. The van der Waals surface area contributed by atoms with Crippen LogP contribution < -0.4 is 14.8 Å². The van der Waals surface area contributed by atoms with Crippen molar-refractivity contribution in [2.45, 2.75) is 13.5 Å². The Morgan fingerprint density at radius 3 is 2.48 bits per heavy atom. The van der Waals surface area contributed by atoms with Crippen LogP contribution in [0.25, 0.3) is 11.4 Å². The summed E-state index contributed by atoms with van der Waals surface area (Å²) >= 11 is 0. The molecular formula is C18H18FN5O3. The molecule has 3 rings (SSSR count). The lowest BCUT2D eigenvalue weighted by Crippen LogP contribution is -2.20. The van der Waals surface area contributed by atoms with Gasteiger partial charge in [0.25, 0.3) is 0 Å². The maximum absolute atomic E-state index is 13.4. The molecule has 0 bridgehead atoms. The highest BCUT2D eigenvalue weighted by molar-refractivity contribution is 5.90. The lowest BCUT2D eigenvalue weighted by molar-refractivity contribution is -0.117. The molecule has 0 spiro atoms. The molecule has 2 aromatic carbocycles. The topological polar surface area (TPSA) is 91.2 Å².